The first-order chi connectivity index (χ1) is 13.1. The summed E-state index contributed by atoms with van der Waals surface area (Å²) in [4.78, 5) is 29.0. The van der Waals surface area contributed by atoms with Gasteiger partial charge in [0.2, 0.25) is 5.91 Å². The van der Waals surface area contributed by atoms with Gasteiger partial charge in [0, 0.05) is 0 Å². The van der Waals surface area contributed by atoms with Crippen LogP contribution in [0.5, 0.6) is 5.75 Å². The van der Waals surface area contributed by atoms with E-state index in [-0.39, 0.29) is 34.4 Å². The molecule has 3 aromatic rings. The van der Waals surface area contributed by atoms with E-state index in [2.05, 4.69) is 10.4 Å². The molecular weight excluding hydrogens is 402 g/mol. The first-order valence-corrected chi connectivity index (χ1v) is 11.0. The Morgan fingerprint density at radius 1 is 1.30 bits per heavy atom. The van der Waals surface area contributed by atoms with Crippen molar-refractivity contribution in [3.05, 3.63) is 54.1 Å². The van der Waals surface area contributed by atoms with E-state index in [1.807, 2.05) is 30.3 Å². The SMILES string of the molecule is O=C(CSc1nc2ccccc2s1)NN1C(=O)CSC1c1cccc(O)c1. The fourth-order valence-corrected chi connectivity index (χ4v) is 5.64. The highest BCUT2D eigenvalue weighted by molar-refractivity contribution is 8.01. The lowest BCUT2D eigenvalue weighted by Gasteiger charge is -2.24. The molecule has 27 heavy (non-hydrogen) atoms. The topological polar surface area (TPSA) is 82.5 Å². The molecule has 1 atom stereocenters. The van der Waals surface area contributed by atoms with Crippen LogP contribution in [-0.2, 0) is 9.59 Å². The summed E-state index contributed by atoms with van der Waals surface area (Å²) in [5.74, 6) is 0.157. The zero-order valence-corrected chi connectivity index (χ0v) is 16.4. The molecule has 1 saturated heterocycles. The second-order valence-corrected chi connectivity index (χ2v) is 9.11. The van der Waals surface area contributed by atoms with Gasteiger partial charge in [-0.15, -0.1) is 23.1 Å². The Hall–Kier alpha value is -2.23. The zero-order valence-electron chi connectivity index (χ0n) is 14.0. The highest BCUT2D eigenvalue weighted by Gasteiger charge is 2.34. The third kappa shape index (κ3) is 4.05. The van der Waals surface area contributed by atoms with E-state index in [0.717, 1.165) is 20.1 Å². The molecule has 0 aliphatic carbocycles. The number of benzene rings is 2. The van der Waals surface area contributed by atoms with Crippen molar-refractivity contribution in [3.8, 4) is 5.75 Å². The largest absolute Gasteiger partial charge is 0.508 e. The highest BCUT2D eigenvalue weighted by Crippen LogP contribution is 2.38. The molecule has 9 heteroatoms. The van der Waals surface area contributed by atoms with E-state index in [9.17, 15) is 14.7 Å². The van der Waals surface area contributed by atoms with E-state index >= 15 is 0 Å². The number of carbonyl (C=O) groups is 2. The van der Waals surface area contributed by atoms with Crippen molar-refractivity contribution in [3.63, 3.8) is 0 Å². The molecule has 0 bridgehead atoms. The highest BCUT2D eigenvalue weighted by atomic mass is 32.2. The van der Waals surface area contributed by atoms with Crippen LogP contribution in [0.15, 0.2) is 52.9 Å². The van der Waals surface area contributed by atoms with Crippen LogP contribution in [0.25, 0.3) is 10.2 Å². The Kier molecular flexibility index (Phi) is 5.24. The molecule has 0 radical (unpaired) electrons. The summed E-state index contributed by atoms with van der Waals surface area (Å²) in [6.07, 6.45) is 0. The van der Waals surface area contributed by atoms with Crippen molar-refractivity contribution >= 4 is 56.9 Å². The van der Waals surface area contributed by atoms with Gasteiger partial charge in [-0.3, -0.25) is 15.0 Å². The van der Waals surface area contributed by atoms with Crippen LogP contribution in [0, 0.1) is 0 Å². The number of thioether (sulfide) groups is 2. The maximum absolute atomic E-state index is 12.4. The smallest absolute Gasteiger partial charge is 0.252 e. The first-order valence-electron chi connectivity index (χ1n) is 8.10. The molecule has 0 spiro atoms. The number of para-hydroxylation sites is 1. The molecule has 2 amide bonds. The number of nitrogens with zero attached hydrogens (tertiary/aromatic N) is 2. The van der Waals surface area contributed by atoms with Crippen LogP contribution in [0.1, 0.15) is 10.9 Å². The maximum atomic E-state index is 12.4. The number of nitrogens with one attached hydrogen (secondary N) is 1. The number of phenolic OH excluding ortho intramolecular Hbond substituents is 1. The molecule has 1 aliphatic rings. The van der Waals surface area contributed by atoms with Gasteiger partial charge < -0.3 is 5.11 Å². The van der Waals surface area contributed by atoms with Crippen LogP contribution < -0.4 is 5.43 Å². The van der Waals surface area contributed by atoms with E-state index in [1.54, 1.807) is 29.5 Å². The summed E-state index contributed by atoms with van der Waals surface area (Å²) in [5.41, 5.74) is 4.38. The van der Waals surface area contributed by atoms with E-state index in [1.165, 1.54) is 28.5 Å². The lowest BCUT2D eigenvalue weighted by molar-refractivity contribution is -0.138. The number of amides is 2. The molecule has 138 valence electrons. The number of phenols is 1. The number of hydrogen-bond acceptors (Lipinski definition) is 7. The number of aromatic hydroxyl groups is 1. The summed E-state index contributed by atoms with van der Waals surface area (Å²) in [6.45, 7) is 0. The number of hydrazine groups is 1. The van der Waals surface area contributed by atoms with Gasteiger partial charge in [0.1, 0.15) is 11.1 Å². The molecule has 1 aliphatic heterocycles. The van der Waals surface area contributed by atoms with Crippen molar-refractivity contribution in [2.45, 2.75) is 9.71 Å². The molecule has 2 heterocycles. The molecular formula is C18H15N3O3S3. The third-order valence-corrected chi connectivity index (χ3v) is 7.26. The molecule has 1 fully saturated rings. The molecule has 6 nitrogen and oxygen atoms in total. The van der Waals surface area contributed by atoms with Crippen molar-refractivity contribution in [1.29, 1.82) is 0 Å². The summed E-state index contributed by atoms with van der Waals surface area (Å²) in [6, 6.07) is 14.5. The summed E-state index contributed by atoms with van der Waals surface area (Å²) < 4.78 is 1.90. The molecule has 2 aromatic carbocycles. The average molecular weight is 418 g/mol. The Morgan fingerprint density at radius 2 is 2.15 bits per heavy atom. The Bertz CT molecular complexity index is 974. The predicted octanol–water partition coefficient (Wildman–Crippen LogP) is 3.40. The van der Waals surface area contributed by atoms with Gasteiger partial charge in [0.25, 0.3) is 5.91 Å². The minimum atomic E-state index is -0.346. The van der Waals surface area contributed by atoms with Gasteiger partial charge in [0.05, 0.1) is 21.7 Å². The predicted molar refractivity (Wildman–Crippen MR) is 109 cm³/mol. The molecule has 0 saturated carbocycles. The van der Waals surface area contributed by atoms with Crippen LogP contribution in [0.3, 0.4) is 0 Å². The van der Waals surface area contributed by atoms with Gasteiger partial charge in [-0.25, -0.2) is 9.99 Å². The van der Waals surface area contributed by atoms with Crippen molar-refractivity contribution < 1.29 is 14.7 Å². The second kappa shape index (κ2) is 7.79. The third-order valence-electron chi connectivity index (χ3n) is 3.87. The maximum Gasteiger partial charge on any atom is 0.252 e. The molecule has 1 aromatic heterocycles. The van der Waals surface area contributed by atoms with Crippen molar-refractivity contribution in [1.82, 2.24) is 15.4 Å². The second-order valence-electron chi connectivity index (χ2n) is 5.79. The Balaban J connectivity index is 1.40. The van der Waals surface area contributed by atoms with Gasteiger partial charge >= 0.3 is 0 Å². The number of aromatic nitrogens is 1. The minimum Gasteiger partial charge on any atom is -0.508 e. The van der Waals surface area contributed by atoms with E-state index in [0.29, 0.717) is 0 Å². The lowest BCUT2D eigenvalue weighted by Crippen LogP contribution is -2.45. The van der Waals surface area contributed by atoms with Crippen LogP contribution in [0.4, 0.5) is 0 Å². The molecule has 2 N–H and O–H groups in total. The van der Waals surface area contributed by atoms with Gasteiger partial charge in [-0.1, -0.05) is 36.0 Å². The Morgan fingerprint density at radius 3 is 2.96 bits per heavy atom. The summed E-state index contributed by atoms with van der Waals surface area (Å²) >= 11 is 4.30. The normalized spacial score (nSPS) is 16.8. The minimum absolute atomic E-state index is 0.130. The zero-order chi connectivity index (χ0) is 18.8. The van der Waals surface area contributed by atoms with Crippen LogP contribution in [-0.4, -0.2) is 38.4 Å². The monoisotopic (exact) mass is 417 g/mol. The number of fused-ring (bicyclic) bond motifs is 1. The standard InChI is InChI=1S/C18H15N3O3S3/c22-12-5-3-4-11(8-12)17-21(16(24)10-25-17)20-15(23)9-26-18-19-13-6-1-2-7-14(13)27-18/h1-8,17,22H,9-10H2,(H,20,23). The fourth-order valence-electron chi connectivity index (χ4n) is 2.68. The quantitative estimate of drug-likeness (QED) is 0.619. The van der Waals surface area contributed by atoms with E-state index in [4.69, 9.17) is 0 Å². The lowest BCUT2D eigenvalue weighted by atomic mass is 10.2. The van der Waals surface area contributed by atoms with Crippen LogP contribution in [0.2, 0.25) is 0 Å². The van der Waals surface area contributed by atoms with E-state index < -0.39 is 0 Å². The van der Waals surface area contributed by atoms with Gasteiger partial charge in [-0.2, -0.15) is 0 Å². The first kappa shape index (κ1) is 18.1. The fraction of sp³-hybridized carbons (Fsp3) is 0.167. The molecule has 4 rings (SSSR count). The number of hydrogen-bond donors (Lipinski definition) is 2. The average Bonchev–Trinajstić information content (AvgIpc) is 3.23. The Labute approximate surface area is 167 Å². The number of rotatable bonds is 5. The van der Waals surface area contributed by atoms with Crippen molar-refractivity contribution in [2.75, 3.05) is 11.5 Å². The van der Waals surface area contributed by atoms with Crippen molar-refractivity contribution in [2.24, 2.45) is 0 Å². The number of carbonyl (C=O) groups excluding carboxylic acids is 2. The van der Waals surface area contributed by atoms with Gasteiger partial charge in [-0.05, 0) is 29.8 Å². The summed E-state index contributed by atoms with van der Waals surface area (Å²) in [5, 5.41) is 10.7. The van der Waals surface area contributed by atoms with Gasteiger partial charge in [0.15, 0.2) is 4.34 Å². The summed E-state index contributed by atoms with van der Waals surface area (Å²) in [7, 11) is 0. The van der Waals surface area contributed by atoms with Crippen LogP contribution >= 0.6 is 34.9 Å². The number of thiazole rings is 1. The molecule has 1 unspecified atom stereocenters.